The Morgan fingerprint density at radius 1 is 1.09 bits per heavy atom. The van der Waals surface area contributed by atoms with Crippen LogP contribution in [0.25, 0.3) is 0 Å². The SMILES string of the molecule is CC(C)(CO)NCc1ccccc1OCc1ccc(F)cc1.Cl. The third kappa shape index (κ3) is 6.18. The molecule has 2 rings (SSSR count). The molecule has 0 fully saturated rings. The van der Waals surface area contributed by atoms with Crippen LogP contribution >= 0.6 is 12.4 Å². The molecular formula is C18H23ClFNO2. The molecule has 0 heterocycles. The van der Waals surface area contributed by atoms with Crippen LogP contribution in [-0.4, -0.2) is 17.3 Å². The first-order valence-corrected chi connectivity index (χ1v) is 7.31. The second-order valence-corrected chi connectivity index (χ2v) is 5.92. The zero-order chi connectivity index (χ0) is 16.0. The lowest BCUT2D eigenvalue weighted by Crippen LogP contribution is -2.42. The first-order chi connectivity index (χ1) is 10.5. The van der Waals surface area contributed by atoms with Crippen LogP contribution in [0.1, 0.15) is 25.0 Å². The van der Waals surface area contributed by atoms with Crippen LogP contribution in [0.2, 0.25) is 0 Å². The number of rotatable bonds is 7. The molecule has 0 amide bonds. The fourth-order valence-electron chi connectivity index (χ4n) is 1.92. The molecule has 2 N–H and O–H groups in total. The molecule has 0 aliphatic rings. The van der Waals surface area contributed by atoms with Crippen molar-refractivity contribution < 1.29 is 14.2 Å². The lowest BCUT2D eigenvalue weighted by atomic mass is 10.1. The Morgan fingerprint density at radius 3 is 2.39 bits per heavy atom. The molecule has 0 aromatic heterocycles. The molecule has 3 nitrogen and oxygen atoms in total. The number of aliphatic hydroxyl groups excluding tert-OH is 1. The van der Waals surface area contributed by atoms with Gasteiger partial charge in [-0.2, -0.15) is 0 Å². The lowest BCUT2D eigenvalue weighted by Gasteiger charge is -2.24. The Hall–Kier alpha value is -1.62. The number of para-hydroxylation sites is 1. The summed E-state index contributed by atoms with van der Waals surface area (Å²) in [6.07, 6.45) is 0. The van der Waals surface area contributed by atoms with Crippen molar-refractivity contribution in [2.45, 2.75) is 32.5 Å². The Morgan fingerprint density at radius 2 is 1.74 bits per heavy atom. The quantitative estimate of drug-likeness (QED) is 0.808. The summed E-state index contributed by atoms with van der Waals surface area (Å²) in [5, 5.41) is 12.6. The van der Waals surface area contributed by atoms with Gasteiger partial charge in [0.05, 0.1) is 6.61 Å². The average Bonchev–Trinajstić information content (AvgIpc) is 2.53. The van der Waals surface area contributed by atoms with E-state index < -0.39 is 0 Å². The zero-order valence-corrected chi connectivity index (χ0v) is 14.2. The van der Waals surface area contributed by atoms with E-state index in [1.165, 1.54) is 12.1 Å². The second kappa shape index (κ2) is 8.87. The summed E-state index contributed by atoms with van der Waals surface area (Å²) < 4.78 is 18.7. The molecule has 0 bridgehead atoms. The predicted molar refractivity (Wildman–Crippen MR) is 92.4 cm³/mol. The average molecular weight is 340 g/mol. The van der Waals surface area contributed by atoms with E-state index in [2.05, 4.69) is 5.32 Å². The summed E-state index contributed by atoms with van der Waals surface area (Å²) in [6.45, 7) is 4.93. The van der Waals surface area contributed by atoms with Crippen molar-refractivity contribution in [1.29, 1.82) is 0 Å². The second-order valence-electron chi connectivity index (χ2n) is 5.92. The van der Waals surface area contributed by atoms with Crippen LogP contribution in [0.5, 0.6) is 5.75 Å². The smallest absolute Gasteiger partial charge is 0.124 e. The van der Waals surface area contributed by atoms with Gasteiger partial charge >= 0.3 is 0 Å². The van der Waals surface area contributed by atoms with Crippen LogP contribution in [-0.2, 0) is 13.2 Å². The Kier molecular flexibility index (Phi) is 7.49. The number of halogens is 2. The van der Waals surface area contributed by atoms with Crippen molar-refractivity contribution >= 4 is 12.4 Å². The van der Waals surface area contributed by atoms with Crippen LogP contribution in [0, 0.1) is 5.82 Å². The number of aliphatic hydroxyl groups is 1. The number of hydrogen-bond acceptors (Lipinski definition) is 3. The maximum absolute atomic E-state index is 12.9. The normalized spacial score (nSPS) is 11.0. The van der Waals surface area contributed by atoms with Crippen molar-refractivity contribution in [3.63, 3.8) is 0 Å². The summed E-state index contributed by atoms with van der Waals surface area (Å²) in [4.78, 5) is 0. The molecule has 5 heteroatoms. The maximum Gasteiger partial charge on any atom is 0.124 e. The number of nitrogens with one attached hydrogen (secondary N) is 1. The van der Waals surface area contributed by atoms with Gasteiger partial charge in [0.1, 0.15) is 18.2 Å². The minimum atomic E-state index is -0.343. The minimum absolute atomic E-state index is 0. The van der Waals surface area contributed by atoms with Gasteiger partial charge in [-0.3, -0.25) is 0 Å². The minimum Gasteiger partial charge on any atom is -0.489 e. The highest BCUT2D eigenvalue weighted by atomic mass is 35.5. The van der Waals surface area contributed by atoms with E-state index in [0.29, 0.717) is 13.2 Å². The topological polar surface area (TPSA) is 41.5 Å². The van der Waals surface area contributed by atoms with Crippen molar-refractivity contribution in [1.82, 2.24) is 5.32 Å². The number of hydrogen-bond donors (Lipinski definition) is 2. The number of benzene rings is 2. The summed E-state index contributed by atoms with van der Waals surface area (Å²) >= 11 is 0. The third-order valence-electron chi connectivity index (χ3n) is 3.43. The van der Waals surface area contributed by atoms with Crippen LogP contribution in [0.4, 0.5) is 4.39 Å². The van der Waals surface area contributed by atoms with E-state index in [1.54, 1.807) is 12.1 Å². The molecule has 0 aliphatic heterocycles. The summed E-state index contributed by atoms with van der Waals surface area (Å²) in [5.74, 6) is 0.535. The van der Waals surface area contributed by atoms with Gasteiger partial charge in [0.25, 0.3) is 0 Å². The molecular weight excluding hydrogens is 317 g/mol. The van der Waals surface area contributed by atoms with E-state index in [-0.39, 0.29) is 30.4 Å². The van der Waals surface area contributed by atoms with E-state index >= 15 is 0 Å². The van der Waals surface area contributed by atoms with Crippen LogP contribution in [0.15, 0.2) is 48.5 Å². The van der Waals surface area contributed by atoms with Crippen molar-refractivity contribution in [3.8, 4) is 5.75 Å². The molecule has 0 atom stereocenters. The van der Waals surface area contributed by atoms with Gasteiger partial charge in [0.15, 0.2) is 0 Å². The predicted octanol–water partition coefficient (Wildman–Crippen LogP) is 3.69. The molecule has 0 unspecified atom stereocenters. The monoisotopic (exact) mass is 339 g/mol. The molecule has 23 heavy (non-hydrogen) atoms. The fourth-order valence-corrected chi connectivity index (χ4v) is 1.92. The zero-order valence-electron chi connectivity index (χ0n) is 13.4. The maximum atomic E-state index is 12.9. The summed E-state index contributed by atoms with van der Waals surface area (Å²) in [5.41, 5.74) is 1.59. The first kappa shape index (κ1) is 19.4. The third-order valence-corrected chi connectivity index (χ3v) is 3.43. The number of ether oxygens (including phenoxy) is 1. The molecule has 0 spiro atoms. The highest BCUT2D eigenvalue weighted by molar-refractivity contribution is 5.85. The van der Waals surface area contributed by atoms with Gasteiger partial charge in [0.2, 0.25) is 0 Å². The van der Waals surface area contributed by atoms with E-state index in [0.717, 1.165) is 16.9 Å². The van der Waals surface area contributed by atoms with E-state index in [9.17, 15) is 9.50 Å². The molecule has 126 valence electrons. The van der Waals surface area contributed by atoms with Gasteiger partial charge in [-0.05, 0) is 37.6 Å². The first-order valence-electron chi connectivity index (χ1n) is 7.31. The Labute approximate surface area is 142 Å². The highest BCUT2D eigenvalue weighted by Gasteiger charge is 2.16. The van der Waals surface area contributed by atoms with Crippen LogP contribution in [0.3, 0.4) is 0 Å². The van der Waals surface area contributed by atoms with Gasteiger partial charge < -0.3 is 15.2 Å². The summed E-state index contributed by atoms with van der Waals surface area (Å²) in [7, 11) is 0. The van der Waals surface area contributed by atoms with Crippen molar-refractivity contribution in [2.24, 2.45) is 0 Å². The van der Waals surface area contributed by atoms with Gasteiger partial charge in [-0.1, -0.05) is 30.3 Å². The Bertz CT molecular complexity index is 602. The molecule has 0 saturated heterocycles. The molecule has 0 saturated carbocycles. The van der Waals surface area contributed by atoms with Gasteiger partial charge in [-0.25, -0.2) is 4.39 Å². The molecule has 2 aromatic rings. The molecule has 0 aliphatic carbocycles. The van der Waals surface area contributed by atoms with Crippen LogP contribution < -0.4 is 10.1 Å². The van der Waals surface area contributed by atoms with Gasteiger partial charge in [0, 0.05) is 17.6 Å². The lowest BCUT2D eigenvalue weighted by molar-refractivity contribution is 0.186. The molecule has 0 radical (unpaired) electrons. The van der Waals surface area contributed by atoms with E-state index in [1.807, 2.05) is 38.1 Å². The standard InChI is InChI=1S/C18H22FNO2.ClH/c1-18(2,13-21)20-11-15-5-3-4-6-17(15)22-12-14-7-9-16(19)10-8-14;/h3-10,20-21H,11-13H2,1-2H3;1H. The molecule has 2 aromatic carbocycles. The summed E-state index contributed by atoms with van der Waals surface area (Å²) in [6, 6.07) is 14.0. The van der Waals surface area contributed by atoms with E-state index in [4.69, 9.17) is 4.74 Å². The Balaban J connectivity index is 0.00000264. The van der Waals surface area contributed by atoms with Crippen molar-refractivity contribution in [2.75, 3.05) is 6.61 Å². The van der Waals surface area contributed by atoms with Crippen molar-refractivity contribution in [3.05, 3.63) is 65.5 Å². The highest BCUT2D eigenvalue weighted by Crippen LogP contribution is 2.20. The van der Waals surface area contributed by atoms with Gasteiger partial charge in [-0.15, -0.1) is 12.4 Å². The largest absolute Gasteiger partial charge is 0.489 e. The fraction of sp³-hybridized carbons (Fsp3) is 0.333.